The van der Waals surface area contributed by atoms with Gasteiger partial charge < -0.3 is 4.74 Å². The summed E-state index contributed by atoms with van der Waals surface area (Å²) in [4.78, 5) is 11.5. The molecule has 0 fully saturated rings. The third-order valence-corrected chi connectivity index (χ3v) is 1.99. The summed E-state index contributed by atoms with van der Waals surface area (Å²) in [7, 11) is 0. The van der Waals surface area contributed by atoms with E-state index in [2.05, 4.69) is 0 Å². The molecule has 1 aromatic carbocycles. The van der Waals surface area contributed by atoms with Crippen LogP contribution in [0.3, 0.4) is 0 Å². The van der Waals surface area contributed by atoms with Gasteiger partial charge in [0.15, 0.2) is 11.9 Å². The zero-order chi connectivity index (χ0) is 11.3. The van der Waals surface area contributed by atoms with E-state index in [1.54, 1.807) is 38.1 Å². The first-order valence-electron chi connectivity index (χ1n) is 4.87. The number of hydrogen-bond acceptors (Lipinski definition) is 3. The van der Waals surface area contributed by atoms with Crippen LogP contribution >= 0.6 is 0 Å². The minimum Gasteiger partial charge on any atom is -0.475 e. The summed E-state index contributed by atoms with van der Waals surface area (Å²) < 4.78 is 5.34. The van der Waals surface area contributed by atoms with Crippen molar-refractivity contribution in [1.82, 2.24) is 0 Å². The Balaban J connectivity index is 2.97. The molecule has 1 aromatic rings. The molecule has 0 aliphatic carbocycles. The van der Waals surface area contributed by atoms with Crippen molar-refractivity contribution in [1.29, 1.82) is 5.26 Å². The molecule has 15 heavy (non-hydrogen) atoms. The van der Waals surface area contributed by atoms with Gasteiger partial charge in [0, 0.05) is 6.42 Å². The Morgan fingerprint density at radius 2 is 2.20 bits per heavy atom. The van der Waals surface area contributed by atoms with Crippen LogP contribution in [-0.4, -0.2) is 11.9 Å². The van der Waals surface area contributed by atoms with Crippen LogP contribution in [-0.2, 0) is 0 Å². The Morgan fingerprint density at radius 3 is 2.80 bits per heavy atom. The van der Waals surface area contributed by atoms with Crippen molar-refractivity contribution in [2.75, 3.05) is 0 Å². The number of rotatable bonds is 4. The third-order valence-electron chi connectivity index (χ3n) is 1.99. The summed E-state index contributed by atoms with van der Waals surface area (Å²) in [5, 5.41) is 8.62. The molecule has 0 saturated carbocycles. The lowest BCUT2D eigenvalue weighted by atomic mass is 10.1. The summed E-state index contributed by atoms with van der Waals surface area (Å²) in [6.45, 7) is 3.44. The number of ketones is 1. The number of Topliss-reactive ketones (excluding diaryl/α,β-unsaturated/α-hetero) is 1. The number of nitriles is 1. The summed E-state index contributed by atoms with van der Waals surface area (Å²) in [6, 6.07) is 8.95. The first-order chi connectivity index (χ1) is 7.19. The van der Waals surface area contributed by atoms with Gasteiger partial charge in [0.2, 0.25) is 0 Å². The van der Waals surface area contributed by atoms with Gasteiger partial charge in [0.05, 0.1) is 5.56 Å². The van der Waals surface area contributed by atoms with Crippen molar-refractivity contribution < 1.29 is 9.53 Å². The zero-order valence-electron chi connectivity index (χ0n) is 8.86. The second-order valence-corrected chi connectivity index (χ2v) is 3.16. The maximum atomic E-state index is 11.5. The lowest BCUT2D eigenvalue weighted by Gasteiger charge is -2.11. The van der Waals surface area contributed by atoms with Gasteiger partial charge in [-0.05, 0) is 19.1 Å². The van der Waals surface area contributed by atoms with Crippen molar-refractivity contribution in [3.63, 3.8) is 0 Å². The van der Waals surface area contributed by atoms with Crippen LogP contribution in [0, 0.1) is 11.3 Å². The lowest BCUT2D eigenvalue weighted by Crippen LogP contribution is -2.11. The van der Waals surface area contributed by atoms with Gasteiger partial charge in [0.1, 0.15) is 11.8 Å². The highest BCUT2D eigenvalue weighted by Crippen LogP contribution is 2.20. The molecule has 0 aliphatic heterocycles. The van der Waals surface area contributed by atoms with Crippen LogP contribution in [0.5, 0.6) is 5.75 Å². The SMILES string of the molecule is CCC(=O)c1ccccc1OC(C)C#N. The molecular formula is C12H13NO2. The Kier molecular flexibility index (Phi) is 3.87. The standard InChI is InChI=1S/C12H13NO2/c1-3-11(14)10-6-4-5-7-12(10)15-9(2)8-13/h4-7,9H,3H2,1-2H3. The van der Waals surface area contributed by atoms with E-state index in [-0.39, 0.29) is 5.78 Å². The Morgan fingerprint density at radius 1 is 1.53 bits per heavy atom. The van der Waals surface area contributed by atoms with E-state index in [0.29, 0.717) is 17.7 Å². The maximum absolute atomic E-state index is 11.5. The molecule has 0 spiro atoms. The highest BCUT2D eigenvalue weighted by molar-refractivity contribution is 5.98. The molecule has 0 saturated heterocycles. The largest absolute Gasteiger partial charge is 0.475 e. The predicted molar refractivity (Wildman–Crippen MR) is 56.8 cm³/mol. The molecule has 3 heteroatoms. The quantitative estimate of drug-likeness (QED) is 0.706. The van der Waals surface area contributed by atoms with Crippen LogP contribution < -0.4 is 4.74 Å². The normalized spacial score (nSPS) is 11.5. The fourth-order valence-corrected chi connectivity index (χ4v) is 1.21. The van der Waals surface area contributed by atoms with Crippen LogP contribution in [0.2, 0.25) is 0 Å². The van der Waals surface area contributed by atoms with Gasteiger partial charge in [-0.25, -0.2) is 0 Å². The molecule has 1 atom stereocenters. The highest BCUT2D eigenvalue weighted by atomic mass is 16.5. The number of para-hydroxylation sites is 1. The van der Waals surface area contributed by atoms with Crippen molar-refractivity contribution in [2.24, 2.45) is 0 Å². The second-order valence-electron chi connectivity index (χ2n) is 3.16. The zero-order valence-corrected chi connectivity index (χ0v) is 8.86. The minimum atomic E-state index is -0.546. The molecule has 3 nitrogen and oxygen atoms in total. The van der Waals surface area contributed by atoms with Gasteiger partial charge in [-0.1, -0.05) is 19.1 Å². The maximum Gasteiger partial charge on any atom is 0.181 e. The number of carbonyl (C=O) groups excluding carboxylic acids is 1. The average molecular weight is 203 g/mol. The molecule has 0 aliphatic rings. The van der Waals surface area contributed by atoms with E-state index in [0.717, 1.165) is 0 Å². The number of benzene rings is 1. The van der Waals surface area contributed by atoms with Crippen LogP contribution in [0.15, 0.2) is 24.3 Å². The van der Waals surface area contributed by atoms with Crippen LogP contribution in [0.1, 0.15) is 30.6 Å². The monoisotopic (exact) mass is 203 g/mol. The third kappa shape index (κ3) is 2.81. The molecule has 0 bridgehead atoms. The van der Waals surface area contributed by atoms with Gasteiger partial charge in [0.25, 0.3) is 0 Å². The van der Waals surface area contributed by atoms with E-state index in [9.17, 15) is 4.79 Å². The van der Waals surface area contributed by atoms with Crippen molar-refractivity contribution >= 4 is 5.78 Å². The van der Waals surface area contributed by atoms with E-state index in [4.69, 9.17) is 10.00 Å². The van der Waals surface area contributed by atoms with Crippen molar-refractivity contribution in [3.05, 3.63) is 29.8 Å². The number of ether oxygens (including phenoxy) is 1. The number of carbonyl (C=O) groups is 1. The highest BCUT2D eigenvalue weighted by Gasteiger charge is 2.11. The Labute approximate surface area is 89.3 Å². The van der Waals surface area contributed by atoms with Crippen molar-refractivity contribution in [2.45, 2.75) is 26.4 Å². The van der Waals surface area contributed by atoms with E-state index in [1.807, 2.05) is 6.07 Å². The van der Waals surface area contributed by atoms with Crippen LogP contribution in [0.4, 0.5) is 0 Å². The van der Waals surface area contributed by atoms with E-state index < -0.39 is 6.10 Å². The minimum absolute atomic E-state index is 0.0238. The van der Waals surface area contributed by atoms with Gasteiger partial charge in [-0.3, -0.25) is 4.79 Å². The molecule has 0 aromatic heterocycles. The summed E-state index contributed by atoms with van der Waals surface area (Å²) in [5.74, 6) is 0.508. The summed E-state index contributed by atoms with van der Waals surface area (Å²) in [5.41, 5.74) is 0.544. The predicted octanol–water partition coefficient (Wildman–Crippen LogP) is 2.57. The van der Waals surface area contributed by atoms with E-state index in [1.165, 1.54) is 0 Å². The van der Waals surface area contributed by atoms with Crippen LogP contribution in [0.25, 0.3) is 0 Å². The Bertz CT molecular complexity index is 393. The Hall–Kier alpha value is -1.82. The molecular weight excluding hydrogens is 190 g/mol. The molecule has 0 N–H and O–H groups in total. The molecule has 1 rings (SSSR count). The topological polar surface area (TPSA) is 50.1 Å². The smallest absolute Gasteiger partial charge is 0.181 e. The summed E-state index contributed by atoms with van der Waals surface area (Å²) >= 11 is 0. The van der Waals surface area contributed by atoms with Gasteiger partial charge in [-0.2, -0.15) is 5.26 Å². The molecule has 0 radical (unpaired) electrons. The van der Waals surface area contributed by atoms with E-state index >= 15 is 0 Å². The van der Waals surface area contributed by atoms with Crippen molar-refractivity contribution in [3.8, 4) is 11.8 Å². The number of hydrogen-bond donors (Lipinski definition) is 0. The van der Waals surface area contributed by atoms with Gasteiger partial charge >= 0.3 is 0 Å². The molecule has 78 valence electrons. The molecule has 1 unspecified atom stereocenters. The fourth-order valence-electron chi connectivity index (χ4n) is 1.21. The van der Waals surface area contributed by atoms with Gasteiger partial charge in [-0.15, -0.1) is 0 Å². The second kappa shape index (κ2) is 5.16. The fraction of sp³-hybridized carbons (Fsp3) is 0.333. The first-order valence-corrected chi connectivity index (χ1v) is 4.87. The summed E-state index contributed by atoms with van der Waals surface area (Å²) in [6.07, 6.45) is -0.114. The number of nitrogens with zero attached hydrogens (tertiary/aromatic N) is 1. The first kappa shape index (κ1) is 11.3. The molecule has 0 amide bonds. The average Bonchev–Trinajstić information content (AvgIpc) is 2.28. The molecule has 0 heterocycles. The lowest BCUT2D eigenvalue weighted by molar-refractivity contribution is 0.0983.